The molecule has 1 aliphatic rings. The van der Waals surface area contributed by atoms with Gasteiger partial charge in [0, 0.05) is 16.5 Å². The summed E-state index contributed by atoms with van der Waals surface area (Å²) in [7, 11) is 0. The van der Waals surface area contributed by atoms with Crippen LogP contribution in [0.2, 0.25) is 0 Å². The summed E-state index contributed by atoms with van der Waals surface area (Å²) in [6.07, 6.45) is 1.80. The number of halogens is 2. The molecule has 1 heterocycles. The fourth-order valence-electron chi connectivity index (χ4n) is 2.83. The van der Waals surface area contributed by atoms with Gasteiger partial charge in [-0.15, -0.1) is 0 Å². The Morgan fingerprint density at radius 3 is 2.58 bits per heavy atom. The summed E-state index contributed by atoms with van der Waals surface area (Å²) < 4.78 is 24.9. The topological polar surface area (TPSA) is 85.2 Å². The summed E-state index contributed by atoms with van der Waals surface area (Å²) >= 11 is 4.43. The highest BCUT2D eigenvalue weighted by Crippen LogP contribution is 2.40. The Bertz CT molecular complexity index is 1160. The van der Waals surface area contributed by atoms with Gasteiger partial charge in [0.2, 0.25) is 5.91 Å². The summed E-state index contributed by atoms with van der Waals surface area (Å²) in [5, 5.41) is 10.9. The van der Waals surface area contributed by atoms with E-state index >= 15 is 0 Å². The maximum absolute atomic E-state index is 13.1. The van der Waals surface area contributed by atoms with E-state index in [1.165, 1.54) is 12.1 Å². The molecule has 0 aromatic heterocycles. The van der Waals surface area contributed by atoms with Crippen LogP contribution in [0, 0.1) is 5.82 Å². The van der Waals surface area contributed by atoms with E-state index in [-0.39, 0.29) is 41.8 Å². The van der Waals surface area contributed by atoms with Gasteiger partial charge in [-0.1, -0.05) is 46.7 Å². The first-order valence-electron chi connectivity index (χ1n) is 10.1. The molecular formula is C24H21BrFNO5S. The number of amides is 1. The highest BCUT2D eigenvalue weighted by Gasteiger charge is 2.33. The second-order valence-corrected chi connectivity index (χ2v) is 8.76. The second kappa shape index (κ2) is 11.3. The van der Waals surface area contributed by atoms with E-state index in [1.807, 2.05) is 0 Å². The molecule has 0 aliphatic carbocycles. The molecular weight excluding hydrogens is 513 g/mol. The number of hydrogen-bond acceptors (Lipinski definition) is 6. The van der Waals surface area contributed by atoms with Crippen LogP contribution < -0.4 is 4.74 Å². The summed E-state index contributed by atoms with van der Waals surface area (Å²) in [4.78, 5) is 28.6. The molecule has 172 valence electrons. The number of ether oxygens (including phenoxy) is 2. The third-order valence-corrected chi connectivity index (χ3v) is 5.98. The predicted octanol–water partition coefficient (Wildman–Crippen LogP) is 5.97. The quantitative estimate of drug-likeness (QED) is 0.441. The van der Waals surface area contributed by atoms with Crippen molar-refractivity contribution in [1.82, 2.24) is 0 Å². The summed E-state index contributed by atoms with van der Waals surface area (Å²) in [5.41, 5.74) is 1.26. The van der Waals surface area contributed by atoms with Gasteiger partial charge >= 0.3 is 5.97 Å². The van der Waals surface area contributed by atoms with E-state index in [0.29, 0.717) is 16.2 Å². The Balaban J connectivity index is 1.96. The molecule has 0 radical (unpaired) electrons. The van der Waals surface area contributed by atoms with Crippen molar-refractivity contribution in [1.29, 1.82) is 0 Å². The molecule has 9 heteroatoms. The second-order valence-electron chi connectivity index (χ2n) is 6.82. The van der Waals surface area contributed by atoms with Gasteiger partial charge in [0.15, 0.2) is 0 Å². The summed E-state index contributed by atoms with van der Waals surface area (Å²) in [6.45, 7) is 3.62. The first kappa shape index (κ1) is 24.7. The zero-order valence-electron chi connectivity index (χ0n) is 17.9. The van der Waals surface area contributed by atoms with Crippen molar-refractivity contribution in [2.24, 2.45) is 4.99 Å². The van der Waals surface area contributed by atoms with Gasteiger partial charge in [-0.3, -0.25) is 4.79 Å². The van der Waals surface area contributed by atoms with Crippen LogP contribution in [0.4, 0.5) is 4.39 Å². The van der Waals surface area contributed by atoms with Gasteiger partial charge in [-0.05, 0) is 48.9 Å². The predicted molar refractivity (Wildman–Crippen MR) is 129 cm³/mol. The molecule has 1 amide bonds. The third kappa shape index (κ3) is 6.33. The Labute approximate surface area is 203 Å². The molecule has 2 aromatic carbocycles. The van der Waals surface area contributed by atoms with Crippen molar-refractivity contribution < 1.29 is 28.6 Å². The molecule has 3 rings (SSSR count). The zero-order valence-corrected chi connectivity index (χ0v) is 20.3. The van der Waals surface area contributed by atoms with Crippen LogP contribution in [0.1, 0.15) is 31.4 Å². The van der Waals surface area contributed by atoms with E-state index in [1.54, 1.807) is 50.3 Å². The molecule has 6 nitrogen and oxygen atoms in total. The lowest BCUT2D eigenvalue weighted by Crippen LogP contribution is -2.14. The lowest BCUT2D eigenvalue weighted by molar-refractivity contribution is -0.138. The van der Waals surface area contributed by atoms with Crippen molar-refractivity contribution in [3.63, 3.8) is 0 Å². The number of nitrogens with zero attached hydrogens (tertiary/aromatic N) is 1. The number of aliphatic hydroxyl groups excluding tert-OH is 1. The van der Waals surface area contributed by atoms with E-state index in [9.17, 15) is 19.1 Å². The average Bonchev–Trinajstić information content (AvgIpc) is 3.08. The highest BCUT2D eigenvalue weighted by molar-refractivity contribution is 9.10. The Kier molecular flexibility index (Phi) is 8.46. The lowest BCUT2D eigenvalue weighted by atomic mass is 10.1. The van der Waals surface area contributed by atoms with Crippen molar-refractivity contribution >= 4 is 50.7 Å². The van der Waals surface area contributed by atoms with Gasteiger partial charge in [0.25, 0.3) is 0 Å². The van der Waals surface area contributed by atoms with Crippen LogP contribution in [0.25, 0.3) is 6.08 Å². The van der Waals surface area contributed by atoms with Crippen LogP contribution in [-0.4, -0.2) is 28.6 Å². The molecule has 33 heavy (non-hydrogen) atoms. The minimum Gasteiger partial charge on any atom is -0.506 e. The van der Waals surface area contributed by atoms with Crippen molar-refractivity contribution in [2.75, 3.05) is 6.61 Å². The number of carbonyl (C=O) groups excluding carboxylic acids is 2. The Hall–Kier alpha value is -2.91. The van der Waals surface area contributed by atoms with E-state index in [0.717, 1.165) is 21.8 Å². The molecule has 0 spiro atoms. The third-order valence-electron chi connectivity index (χ3n) is 4.46. The number of esters is 1. The molecule has 0 saturated heterocycles. The van der Waals surface area contributed by atoms with Gasteiger partial charge in [0.1, 0.15) is 34.5 Å². The zero-order chi connectivity index (χ0) is 24.0. The Morgan fingerprint density at radius 2 is 1.91 bits per heavy atom. The molecule has 1 N–H and O–H groups in total. The lowest BCUT2D eigenvalue weighted by Gasteiger charge is -2.11. The molecule has 0 bridgehead atoms. The van der Waals surface area contributed by atoms with Gasteiger partial charge in [-0.25, -0.2) is 14.2 Å². The molecule has 0 atom stereocenters. The standard InChI is InChI=1S/C24H21BrFNO5S/c1-3-20(28)27-23-21(24(30)31-4-2)22(29)19(33-23)12-15-11-16(25)7-10-18(15)32-13-14-5-8-17(26)9-6-14/h5-12,29H,3-4,13H2,1-2H3/b19-12-,27-23?. The molecule has 0 unspecified atom stereocenters. The van der Waals surface area contributed by atoms with Crippen LogP contribution in [0.3, 0.4) is 0 Å². The van der Waals surface area contributed by atoms with E-state index in [4.69, 9.17) is 9.47 Å². The maximum atomic E-state index is 13.1. The van der Waals surface area contributed by atoms with Crippen LogP contribution in [0.5, 0.6) is 5.75 Å². The first-order valence-corrected chi connectivity index (χ1v) is 11.7. The van der Waals surface area contributed by atoms with Gasteiger partial charge in [-0.2, -0.15) is 0 Å². The SMILES string of the molecule is CCOC(=O)C1=C(O)/C(=C/c2cc(Br)ccc2OCc2ccc(F)cc2)SC1=NC(=O)CC. The fraction of sp³-hybridized carbons (Fsp3) is 0.208. The van der Waals surface area contributed by atoms with Crippen molar-refractivity contribution in [2.45, 2.75) is 26.9 Å². The van der Waals surface area contributed by atoms with Crippen LogP contribution in [0.15, 0.2) is 68.2 Å². The molecule has 0 fully saturated rings. The highest BCUT2D eigenvalue weighted by atomic mass is 79.9. The fourth-order valence-corrected chi connectivity index (χ4v) is 4.23. The van der Waals surface area contributed by atoms with E-state index < -0.39 is 11.9 Å². The molecule has 1 aliphatic heterocycles. The monoisotopic (exact) mass is 533 g/mol. The van der Waals surface area contributed by atoms with Crippen LogP contribution in [-0.2, 0) is 20.9 Å². The molecule has 2 aromatic rings. The number of rotatable bonds is 7. The Morgan fingerprint density at radius 1 is 1.18 bits per heavy atom. The summed E-state index contributed by atoms with van der Waals surface area (Å²) in [6, 6.07) is 11.3. The smallest absolute Gasteiger partial charge is 0.344 e. The minimum atomic E-state index is -0.754. The largest absolute Gasteiger partial charge is 0.506 e. The number of aliphatic hydroxyl groups is 1. The number of thioether (sulfide) groups is 1. The average molecular weight is 534 g/mol. The number of hydrogen-bond donors (Lipinski definition) is 1. The van der Waals surface area contributed by atoms with Crippen molar-refractivity contribution in [3.05, 3.63) is 80.1 Å². The first-order chi connectivity index (χ1) is 15.8. The summed E-state index contributed by atoms with van der Waals surface area (Å²) in [5.74, 6) is -1.30. The van der Waals surface area contributed by atoms with Crippen molar-refractivity contribution in [3.8, 4) is 5.75 Å². The van der Waals surface area contributed by atoms with E-state index in [2.05, 4.69) is 20.9 Å². The normalized spacial score (nSPS) is 15.9. The van der Waals surface area contributed by atoms with Gasteiger partial charge < -0.3 is 14.6 Å². The van der Waals surface area contributed by atoms with Crippen LogP contribution >= 0.6 is 27.7 Å². The van der Waals surface area contributed by atoms with Gasteiger partial charge in [0.05, 0.1) is 11.5 Å². The molecule has 0 saturated carbocycles. The maximum Gasteiger partial charge on any atom is 0.344 e. The number of benzene rings is 2. The minimum absolute atomic E-state index is 0.0906. The number of carbonyl (C=O) groups is 2. The number of aliphatic imine (C=N–C) groups is 1.